The van der Waals surface area contributed by atoms with E-state index in [1.54, 1.807) is 6.92 Å². The van der Waals surface area contributed by atoms with Gasteiger partial charge in [0.15, 0.2) is 0 Å². The predicted octanol–water partition coefficient (Wildman–Crippen LogP) is -0.321. The molecule has 0 aromatic rings. The molecule has 66 valence electrons. The molecule has 0 aromatic carbocycles. The number of hydrogen-bond acceptors (Lipinski definition) is 3. The van der Waals surface area contributed by atoms with Crippen molar-refractivity contribution in [3.05, 3.63) is 23.8 Å². The van der Waals surface area contributed by atoms with Crippen molar-refractivity contribution in [1.82, 2.24) is 0 Å². The van der Waals surface area contributed by atoms with Crippen LogP contribution in [0.1, 0.15) is 6.92 Å². The maximum absolute atomic E-state index is 10.5. The molecule has 0 saturated carbocycles. The highest BCUT2D eigenvalue weighted by molar-refractivity contribution is 5.81. The van der Waals surface area contributed by atoms with Gasteiger partial charge in [-0.15, -0.1) is 0 Å². The third-order valence-electron chi connectivity index (χ3n) is 1.81. The number of aliphatic carboxylic acids is 1. The Morgan fingerprint density at radius 2 is 2.25 bits per heavy atom. The number of carbonyl (C=O) groups is 1. The van der Waals surface area contributed by atoms with Crippen molar-refractivity contribution in [2.75, 3.05) is 0 Å². The van der Waals surface area contributed by atoms with Crippen LogP contribution in [-0.4, -0.2) is 33.0 Å². The molecule has 1 aliphatic rings. The van der Waals surface area contributed by atoms with Crippen LogP contribution in [0.15, 0.2) is 23.8 Å². The van der Waals surface area contributed by atoms with Gasteiger partial charge in [-0.2, -0.15) is 0 Å². The first-order valence-corrected chi connectivity index (χ1v) is 3.48. The number of aliphatic hydroxyl groups excluding tert-OH is 1. The molecule has 0 amide bonds. The maximum Gasteiger partial charge on any atom is 0.342 e. The molecule has 0 heterocycles. The smallest absolute Gasteiger partial charge is 0.342 e. The van der Waals surface area contributed by atoms with E-state index in [-0.39, 0.29) is 0 Å². The monoisotopic (exact) mass is 170 g/mol. The lowest BCUT2D eigenvalue weighted by Gasteiger charge is -2.26. The van der Waals surface area contributed by atoms with Gasteiger partial charge in [-0.3, -0.25) is 0 Å². The van der Waals surface area contributed by atoms with Gasteiger partial charge in [0.2, 0.25) is 5.60 Å². The zero-order valence-corrected chi connectivity index (χ0v) is 6.56. The standard InChI is InChI=1S/C8H10O4/c1-5-2-3-8(12,7(10)11)6(9)4-5/h2-4,6,9,12H,1H3,(H,10,11)/t6-,8-/m0/s1. The molecule has 0 radical (unpaired) electrons. The summed E-state index contributed by atoms with van der Waals surface area (Å²) in [6.07, 6.45) is 2.46. The van der Waals surface area contributed by atoms with E-state index in [2.05, 4.69) is 0 Å². The van der Waals surface area contributed by atoms with Crippen molar-refractivity contribution >= 4 is 5.97 Å². The fourth-order valence-corrected chi connectivity index (χ4v) is 0.986. The Kier molecular flexibility index (Phi) is 2.04. The summed E-state index contributed by atoms with van der Waals surface area (Å²) in [6.45, 7) is 1.71. The van der Waals surface area contributed by atoms with Crippen LogP contribution in [0.25, 0.3) is 0 Å². The number of carboxylic acid groups (broad SMARTS) is 1. The van der Waals surface area contributed by atoms with E-state index in [0.29, 0.717) is 0 Å². The minimum atomic E-state index is -2.17. The molecule has 1 rings (SSSR count). The predicted molar refractivity (Wildman–Crippen MR) is 41.5 cm³/mol. The number of allylic oxidation sites excluding steroid dienone is 2. The fourth-order valence-electron chi connectivity index (χ4n) is 0.986. The third kappa shape index (κ3) is 1.26. The zero-order valence-electron chi connectivity index (χ0n) is 6.56. The van der Waals surface area contributed by atoms with E-state index in [9.17, 15) is 15.0 Å². The maximum atomic E-state index is 10.5. The largest absolute Gasteiger partial charge is 0.479 e. The molecule has 0 aliphatic heterocycles. The van der Waals surface area contributed by atoms with E-state index in [0.717, 1.165) is 11.6 Å². The highest BCUT2D eigenvalue weighted by Crippen LogP contribution is 2.21. The van der Waals surface area contributed by atoms with Gasteiger partial charge in [0.1, 0.15) is 6.10 Å². The average Bonchev–Trinajstić information content (AvgIpc) is 1.97. The summed E-state index contributed by atoms with van der Waals surface area (Å²) in [5, 5.41) is 27.1. The molecule has 2 atom stereocenters. The van der Waals surface area contributed by atoms with Crippen molar-refractivity contribution in [2.24, 2.45) is 0 Å². The lowest BCUT2D eigenvalue weighted by molar-refractivity contribution is -0.160. The van der Waals surface area contributed by atoms with Gasteiger partial charge >= 0.3 is 5.97 Å². The van der Waals surface area contributed by atoms with E-state index in [4.69, 9.17) is 5.11 Å². The van der Waals surface area contributed by atoms with Crippen LogP contribution in [0.3, 0.4) is 0 Å². The van der Waals surface area contributed by atoms with Crippen LogP contribution < -0.4 is 0 Å². The highest BCUT2D eigenvalue weighted by atomic mass is 16.4. The Labute approximate surface area is 69.5 Å². The molecule has 0 fully saturated rings. The molecule has 0 bridgehead atoms. The lowest BCUT2D eigenvalue weighted by atomic mass is 9.90. The van der Waals surface area contributed by atoms with Gasteiger partial charge in [-0.1, -0.05) is 11.6 Å². The van der Waals surface area contributed by atoms with E-state index < -0.39 is 17.7 Å². The molecule has 0 aromatic heterocycles. The fraction of sp³-hybridized carbons (Fsp3) is 0.375. The van der Waals surface area contributed by atoms with Gasteiger partial charge in [0.05, 0.1) is 0 Å². The van der Waals surface area contributed by atoms with Crippen LogP contribution >= 0.6 is 0 Å². The Morgan fingerprint density at radius 3 is 2.67 bits per heavy atom. The average molecular weight is 170 g/mol. The first kappa shape index (κ1) is 8.96. The number of rotatable bonds is 1. The number of carboxylic acids is 1. The van der Waals surface area contributed by atoms with Crippen LogP contribution in [0.4, 0.5) is 0 Å². The molecule has 0 spiro atoms. The minimum Gasteiger partial charge on any atom is -0.479 e. The summed E-state index contributed by atoms with van der Waals surface area (Å²) in [6, 6.07) is 0. The summed E-state index contributed by atoms with van der Waals surface area (Å²) >= 11 is 0. The van der Waals surface area contributed by atoms with Crippen LogP contribution in [0.2, 0.25) is 0 Å². The second-order valence-corrected chi connectivity index (χ2v) is 2.82. The normalized spacial score (nSPS) is 34.6. The van der Waals surface area contributed by atoms with E-state index in [1.165, 1.54) is 12.2 Å². The second-order valence-electron chi connectivity index (χ2n) is 2.82. The van der Waals surface area contributed by atoms with E-state index in [1.807, 2.05) is 0 Å². The topological polar surface area (TPSA) is 77.8 Å². The molecular formula is C8H10O4. The Balaban J connectivity index is 2.99. The van der Waals surface area contributed by atoms with Crippen LogP contribution in [0.5, 0.6) is 0 Å². The summed E-state index contributed by atoms with van der Waals surface area (Å²) in [5.74, 6) is -1.45. The minimum absolute atomic E-state index is 0.730. The molecule has 0 unspecified atom stereocenters. The van der Waals surface area contributed by atoms with Crippen LogP contribution in [0, 0.1) is 0 Å². The van der Waals surface area contributed by atoms with Gasteiger partial charge in [-0.25, -0.2) is 4.79 Å². The molecule has 0 saturated heterocycles. The number of aliphatic hydroxyl groups is 2. The molecule has 4 heteroatoms. The lowest BCUT2D eigenvalue weighted by Crippen LogP contribution is -2.48. The summed E-state index contributed by atoms with van der Waals surface area (Å²) in [5.41, 5.74) is -1.44. The first-order valence-electron chi connectivity index (χ1n) is 3.48. The van der Waals surface area contributed by atoms with Gasteiger partial charge < -0.3 is 15.3 Å². The Hall–Kier alpha value is -1.13. The molecular weight excluding hydrogens is 160 g/mol. The van der Waals surface area contributed by atoms with Gasteiger partial charge in [-0.05, 0) is 19.1 Å². The van der Waals surface area contributed by atoms with Crippen molar-refractivity contribution in [1.29, 1.82) is 0 Å². The van der Waals surface area contributed by atoms with Gasteiger partial charge in [0.25, 0.3) is 0 Å². The van der Waals surface area contributed by atoms with Crippen molar-refractivity contribution in [3.63, 3.8) is 0 Å². The zero-order chi connectivity index (χ0) is 9.35. The molecule has 4 nitrogen and oxygen atoms in total. The highest BCUT2D eigenvalue weighted by Gasteiger charge is 2.41. The van der Waals surface area contributed by atoms with Crippen molar-refractivity contribution < 1.29 is 20.1 Å². The van der Waals surface area contributed by atoms with Gasteiger partial charge in [0, 0.05) is 0 Å². The van der Waals surface area contributed by atoms with Crippen molar-refractivity contribution in [3.8, 4) is 0 Å². The SMILES string of the molecule is CC1=C[C@H](O)[C@](O)(C(=O)O)C=C1. The second kappa shape index (κ2) is 2.73. The number of hydrogen-bond donors (Lipinski definition) is 3. The summed E-state index contributed by atoms with van der Waals surface area (Å²) < 4.78 is 0. The molecule has 3 N–H and O–H groups in total. The first-order chi connectivity index (χ1) is 5.47. The Bertz CT molecular complexity index is 266. The third-order valence-corrected chi connectivity index (χ3v) is 1.81. The van der Waals surface area contributed by atoms with Crippen molar-refractivity contribution in [2.45, 2.75) is 18.6 Å². The molecule has 1 aliphatic carbocycles. The van der Waals surface area contributed by atoms with E-state index >= 15 is 0 Å². The summed E-state index contributed by atoms with van der Waals surface area (Å²) in [7, 11) is 0. The summed E-state index contributed by atoms with van der Waals surface area (Å²) in [4.78, 5) is 10.5. The molecule has 12 heavy (non-hydrogen) atoms. The quantitative estimate of drug-likeness (QED) is 0.504. The van der Waals surface area contributed by atoms with Crippen LogP contribution in [-0.2, 0) is 4.79 Å². The Morgan fingerprint density at radius 1 is 1.67 bits per heavy atom.